The summed E-state index contributed by atoms with van der Waals surface area (Å²) in [5.41, 5.74) is 1.48. The minimum absolute atomic E-state index is 0.0536. The Morgan fingerprint density at radius 2 is 1.66 bits per heavy atom. The zero-order chi connectivity index (χ0) is 21.2. The highest BCUT2D eigenvalue weighted by molar-refractivity contribution is 6.33. The number of carbonyl (C=O) groups is 2. The molecule has 2 amide bonds. The highest BCUT2D eigenvalue weighted by Crippen LogP contribution is 2.30. The highest BCUT2D eigenvalue weighted by atomic mass is 35.5. The van der Waals surface area contributed by atoms with E-state index in [1.54, 1.807) is 41.3 Å². The van der Waals surface area contributed by atoms with E-state index < -0.39 is 12.1 Å². The Bertz CT molecular complexity index is 929. The minimum atomic E-state index is -4.87. The first-order valence-corrected chi connectivity index (χ1v) is 9.38. The van der Waals surface area contributed by atoms with Gasteiger partial charge in [0.1, 0.15) is 0 Å². The predicted octanol–water partition coefficient (Wildman–Crippen LogP) is 4.46. The molecule has 1 saturated heterocycles. The molecular weight excluding hydrogens is 430 g/mol. The van der Waals surface area contributed by atoms with Crippen LogP contribution in [-0.4, -0.2) is 49.1 Å². The maximum atomic E-state index is 12.5. The maximum absolute atomic E-state index is 12.5. The first kappa shape index (κ1) is 21.3. The monoisotopic (exact) mass is 445 g/mol. The van der Waals surface area contributed by atoms with Crippen LogP contribution in [0.4, 0.5) is 24.5 Å². The standard InChI is InChI=1S/C19H16Cl2F3N3O2/c20-13-3-1-2-12(10-13)17(28)25-14-4-5-16(15(21)11-14)26-6-8-27(9-7-26)18(29)19(22,23)24/h1-5,10-11H,6-9H2,(H,25,28). The van der Waals surface area contributed by atoms with Gasteiger partial charge < -0.3 is 15.1 Å². The van der Waals surface area contributed by atoms with Gasteiger partial charge in [0.05, 0.1) is 10.7 Å². The molecule has 1 aliphatic heterocycles. The number of benzene rings is 2. The third-order valence-corrected chi connectivity index (χ3v) is 4.98. The van der Waals surface area contributed by atoms with E-state index in [-0.39, 0.29) is 32.1 Å². The van der Waals surface area contributed by atoms with E-state index in [1.165, 1.54) is 6.07 Å². The van der Waals surface area contributed by atoms with E-state index in [0.29, 0.717) is 27.0 Å². The van der Waals surface area contributed by atoms with Gasteiger partial charge in [0.15, 0.2) is 0 Å². The van der Waals surface area contributed by atoms with Crippen molar-refractivity contribution in [1.82, 2.24) is 4.90 Å². The average Bonchev–Trinajstić information content (AvgIpc) is 2.67. The van der Waals surface area contributed by atoms with Crippen molar-refractivity contribution in [3.8, 4) is 0 Å². The molecule has 1 N–H and O–H groups in total. The molecule has 0 unspecified atom stereocenters. The summed E-state index contributed by atoms with van der Waals surface area (Å²) in [5.74, 6) is -2.18. The molecule has 154 valence electrons. The number of amides is 2. The number of hydrogen-bond acceptors (Lipinski definition) is 3. The average molecular weight is 446 g/mol. The van der Waals surface area contributed by atoms with E-state index in [1.807, 2.05) is 0 Å². The maximum Gasteiger partial charge on any atom is 0.471 e. The Morgan fingerprint density at radius 1 is 0.966 bits per heavy atom. The summed E-state index contributed by atoms with van der Waals surface area (Å²) in [6, 6.07) is 11.4. The molecule has 0 aliphatic carbocycles. The molecule has 0 saturated carbocycles. The smallest absolute Gasteiger partial charge is 0.367 e. The minimum Gasteiger partial charge on any atom is -0.367 e. The van der Waals surface area contributed by atoms with Crippen LogP contribution in [0.25, 0.3) is 0 Å². The lowest BCUT2D eigenvalue weighted by Crippen LogP contribution is -2.52. The lowest BCUT2D eigenvalue weighted by atomic mass is 10.2. The predicted molar refractivity (Wildman–Crippen MR) is 106 cm³/mol. The number of rotatable bonds is 3. The van der Waals surface area contributed by atoms with Gasteiger partial charge in [0.2, 0.25) is 0 Å². The van der Waals surface area contributed by atoms with Gasteiger partial charge in [-0.1, -0.05) is 29.3 Å². The van der Waals surface area contributed by atoms with E-state index in [4.69, 9.17) is 23.2 Å². The summed E-state index contributed by atoms with van der Waals surface area (Å²) >= 11 is 12.2. The molecule has 10 heteroatoms. The molecule has 0 atom stereocenters. The Morgan fingerprint density at radius 3 is 2.24 bits per heavy atom. The summed E-state index contributed by atoms with van der Waals surface area (Å²) in [6.45, 7) is 0.329. The van der Waals surface area contributed by atoms with Crippen molar-refractivity contribution < 1.29 is 22.8 Å². The van der Waals surface area contributed by atoms with Gasteiger partial charge in [0.25, 0.3) is 5.91 Å². The fourth-order valence-corrected chi connectivity index (χ4v) is 3.49. The van der Waals surface area contributed by atoms with Crippen LogP contribution in [-0.2, 0) is 4.79 Å². The molecule has 2 aromatic rings. The van der Waals surface area contributed by atoms with Crippen molar-refractivity contribution in [3.05, 3.63) is 58.1 Å². The summed E-state index contributed by atoms with van der Waals surface area (Å²) < 4.78 is 37.6. The normalized spacial score (nSPS) is 14.7. The van der Waals surface area contributed by atoms with Crippen molar-refractivity contribution in [3.63, 3.8) is 0 Å². The van der Waals surface area contributed by atoms with Crippen LogP contribution < -0.4 is 10.2 Å². The molecule has 0 bridgehead atoms. The van der Waals surface area contributed by atoms with Crippen LogP contribution in [0, 0.1) is 0 Å². The van der Waals surface area contributed by atoms with Crippen molar-refractivity contribution in [2.24, 2.45) is 0 Å². The molecule has 0 aromatic heterocycles. The molecule has 0 spiro atoms. The number of anilines is 2. The van der Waals surface area contributed by atoms with Gasteiger partial charge in [-0.3, -0.25) is 9.59 Å². The Balaban J connectivity index is 1.64. The van der Waals surface area contributed by atoms with Crippen LogP contribution >= 0.6 is 23.2 Å². The van der Waals surface area contributed by atoms with Crippen molar-refractivity contribution in [2.75, 3.05) is 36.4 Å². The lowest BCUT2D eigenvalue weighted by molar-refractivity contribution is -0.185. The van der Waals surface area contributed by atoms with Crippen LogP contribution in [0.5, 0.6) is 0 Å². The van der Waals surface area contributed by atoms with Gasteiger partial charge in [-0.2, -0.15) is 13.2 Å². The largest absolute Gasteiger partial charge is 0.471 e. The molecule has 1 fully saturated rings. The Kier molecular flexibility index (Phi) is 6.24. The van der Waals surface area contributed by atoms with Crippen molar-refractivity contribution >= 4 is 46.4 Å². The van der Waals surface area contributed by atoms with E-state index >= 15 is 0 Å². The molecule has 3 rings (SSSR count). The summed E-state index contributed by atoms with van der Waals surface area (Å²) in [5, 5.41) is 3.49. The zero-order valence-electron chi connectivity index (χ0n) is 15.0. The lowest BCUT2D eigenvalue weighted by Gasteiger charge is -2.36. The van der Waals surface area contributed by atoms with Crippen molar-refractivity contribution in [1.29, 1.82) is 0 Å². The molecular formula is C19H16Cl2F3N3O2. The van der Waals surface area contributed by atoms with Gasteiger partial charge in [-0.25, -0.2) is 0 Å². The molecule has 0 radical (unpaired) electrons. The van der Waals surface area contributed by atoms with Crippen molar-refractivity contribution in [2.45, 2.75) is 6.18 Å². The Hall–Kier alpha value is -2.45. The number of piperazine rings is 1. The number of nitrogens with one attached hydrogen (secondary N) is 1. The first-order chi connectivity index (χ1) is 13.6. The van der Waals surface area contributed by atoms with Crippen LogP contribution in [0.1, 0.15) is 10.4 Å². The summed E-state index contributed by atoms with van der Waals surface area (Å²) in [4.78, 5) is 26.2. The van der Waals surface area contributed by atoms with Gasteiger partial charge in [-0.05, 0) is 36.4 Å². The zero-order valence-corrected chi connectivity index (χ0v) is 16.5. The van der Waals surface area contributed by atoms with Crippen LogP contribution in [0.15, 0.2) is 42.5 Å². The van der Waals surface area contributed by atoms with E-state index in [0.717, 1.165) is 4.90 Å². The molecule has 1 aliphatic rings. The molecule has 2 aromatic carbocycles. The second-order valence-electron chi connectivity index (χ2n) is 6.41. The first-order valence-electron chi connectivity index (χ1n) is 8.62. The fraction of sp³-hybridized carbons (Fsp3) is 0.263. The van der Waals surface area contributed by atoms with Gasteiger partial charge >= 0.3 is 12.1 Å². The van der Waals surface area contributed by atoms with Gasteiger partial charge in [-0.15, -0.1) is 0 Å². The summed E-state index contributed by atoms with van der Waals surface area (Å²) in [6.07, 6.45) is -4.87. The molecule has 29 heavy (non-hydrogen) atoms. The number of alkyl halides is 3. The van der Waals surface area contributed by atoms with E-state index in [9.17, 15) is 22.8 Å². The third-order valence-electron chi connectivity index (χ3n) is 4.44. The quantitative estimate of drug-likeness (QED) is 0.758. The van der Waals surface area contributed by atoms with Crippen LogP contribution in [0.3, 0.4) is 0 Å². The topological polar surface area (TPSA) is 52.7 Å². The third kappa shape index (κ3) is 5.13. The number of halogens is 5. The number of nitrogens with zero attached hydrogens (tertiary/aromatic N) is 2. The van der Waals surface area contributed by atoms with E-state index in [2.05, 4.69) is 5.32 Å². The highest BCUT2D eigenvalue weighted by Gasteiger charge is 2.43. The Labute approximate surface area is 175 Å². The molecule has 1 heterocycles. The second-order valence-corrected chi connectivity index (χ2v) is 7.25. The number of carbonyl (C=O) groups excluding carboxylic acids is 2. The van der Waals surface area contributed by atoms with Crippen LogP contribution in [0.2, 0.25) is 10.0 Å². The van der Waals surface area contributed by atoms with Gasteiger partial charge in [0, 0.05) is 42.5 Å². The fourth-order valence-electron chi connectivity index (χ4n) is 3.00. The molecule has 5 nitrogen and oxygen atoms in total. The number of hydrogen-bond donors (Lipinski definition) is 1. The summed E-state index contributed by atoms with van der Waals surface area (Å²) in [7, 11) is 0. The second kappa shape index (κ2) is 8.51. The SMILES string of the molecule is O=C(Nc1ccc(N2CCN(C(=O)C(F)(F)F)CC2)c(Cl)c1)c1cccc(Cl)c1.